The maximum absolute atomic E-state index is 11.5. The molecule has 0 saturated carbocycles. The van der Waals surface area contributed by atoms with E-state index in [1.54, 1.807) is 12.4 Å². The van der Waals surface area contributed by atoms with Gasteiger partial charge in [-0.1, -0.05) is 36.3 Å². The Morgan fingerprint density at radius 2 is 1.95 bits per heavy atom. The largest absolute Gasteiger partial charge is 0.445 e. The van der Waals surface area contributed by atoms with Gasteiger partial charge < -0.3 is 10.1 Å². The van der Waals surface area contributed by atoms with Crippen LogP contribution < -0.4 is 5.32 Å². The average Bonchev–Trinajstić information content (AvgIpc) is 2.55. The molecule has 1 N–H and O–H groups in total. The molecule has 2 rings (SSSR count). The van der Waals surface area contributed by atoms with E-state index in [0.29, 0.717) is 18.8 Å². The zero-order chi connectivity index (χ0) is 15.6. The van der Waals surface area contributed by atoms with Gasteiger partial charge in [-0.2, -0.15) is 0 Å². The third-order valence-electron chi connectivity index (χ3n) is 2.55. The molecule has 0 unspecified atom stereocenters. The van der Waals surface area contributed by atoms with Crippen LogP contribution >= 0.6 is 15.9 Å². The van der Waals surface area contributed by atoms with Crippen LogP contribution in [-0.4, -0.2) is 22.6 Å². The standard InChI is InChI=1S/C16H14BrN3O2/c17-14-10-19-15(20-11-14)8-4-5-9-18-16(21)22-12-13-6-2-1-3-7-13/h1-3,6-7,10-11H,5,9,12H2,(H,18,21). The molecule has 2 aromatic rings. The Hall–Kier alpha value is -2.39. The van der Waals surface area contributed by atoms with E-state index in [9.17, 15) is 4.79 Å². The number of nitrogens with one attached hydrogen (secondary N) is 1. The maximum atomic E-state index is 11.5. The molecule has 1 amide bonds. The van der Waals surface area contributed by atoms with Gasteiger partial charge in [0.25, 0.3) is 0 Å². The number of hydrogen-bond donors (Lipinski definition) is 1. The molecule has 0 aliphatic rings. The fourth-order valence-corrected chi connectivity index (χ4v) is 1.72. The number of halogens is 1. The predicted molar refractivity (Wildman–Crippen MR) is 85.9 cm³/mol. The second-order valence-corrected chi connectivity index (χ2v) is 5.18. The first kappa shape index (κ1) is 16.0. The number of aromatic nitrogens is 2. The minimum absolute atomic E-state index is 0.255. The van der Waals surface area contributed by atoms with Crippen molar-refractivity contribution < 1.29 is 9.53 Å². The van der Waals surface area contributed by atoms with Gasteiger partial charge in [-0.05, 0) is 27.4 Å². The summed E-state index contributed by atoms with van der Waals surface area (Å²) in [6.07, 6.45) is 3.32. The summed E-state index contributed by atoms with van der Waals surface area (Å²) in [5.74, 6) is 6.16. The number of carbonyl (C=O) groups is 1. The predicted octanol–water partition coefficient (Wildman–Crippen LogP) is 2.91. The highest BCUT2D eigenvalue weighted by Gasteiger charge is 2.00. The third kappa shape index (κ3) is 5.94. The van der Waals surface area contributed by atoms with Crippen LogP contribution in [0, 0.1) is 11.8 Å². The van der Waals surface area contributed by atoms with Crippen molar-refractivity contribution in [3.05, 3.63) is 58.6 Å². The summed E-state index contributed by atoms with van der Waals surface area (Å²) in [6.45, 7) is 0.669. The molecule has 1 aromatic heterocycles. The van der Waals surface area contributed by atoms with Crippen LogP contribution in [0.25, 0.3) is 0 Å². The Bertz CT molecular complexity index is 663. The second kappa shape index (κ2) is 8.80. The molecule has 0 bridgehead atoms. The molecule has 0 radical (unpaired) electrons. The highest BCUT2D eigenvalue weighted by Crippen LogP contribution is 2.03. The molecule has 0 fully saturated rings. The topological polar surface area (TPSA) is 64.1 Å². The van der Waals surface area contributed by atoms with E-state index >= 15 is 0 Å². The van der Waals surface area contributed by atoms with E-state index in [1.165, 1.54) is 0 Å². The van der Waals surface area contributed by atoms with Crippen LogP contribution in [0.3, 0.4) is 0 Å². The molecule has 5 nitrogen and oxygen atoms in total. The van der Waals surface area contributed by atoms with Crippen molar-refractivity contribution in [2.24, 2.45) is 0 Å². The van der Waals surface area contributed by atoms with Gasteiger partial charge in [-0.25, -0.2) is 14.8 Å². The lowest BCUT2D eigenvalue weighted by Crippen LogP contribution is -2.24. The van der Waals surface area contributed by atoms with E-state index in [-0.39, 0.29) is 6.61 Å². The fourth-order valence-electron chi connectivity index (χ4n) is 1.52. The molecule has 0 saturated heterocycles. The van der Waals surface area contributed by atoms with Crippen LogP contribution in [0.1, 0.15) is 17.8 Å². The van der Waals surface area contributed by atoms with Gasteiger partial charge in [-0.3, -0.25) is 0 Å². The molecule has 1 heterocycles. The van der Waals surface area contributed by atoms with Crippen molar-refractivity contribution in [3.63, 3.8) is 0 Å². The Morgan fingerprint density at radius 1 is 1.23 bits per heavy atom. The molecule has 0 atom stereocenters. The number of ether oxygens (including phenoxy) is 1. The summed E-state index contributed by atoms with van der Waals surface area (Å²) >= 11 is 3.25. The minimum atomic E-state index is -0.453. The Kier molecular flexibility index (Phi) is 6.39. The van der Waals surface area contributed by atoms with E-state index in [2.05, 4.69) is 43.1 Å². The first-order chi connectivity index (χ1) is 10.7. The summed E-state index contributed by atoms with van der Waals surface area (Å²) in [6, 6.07) is 9.51. The number of amides is 1. The molecule has 22 heavy (non-hydrogen) atoms. The molecule has 1 aromatic carbocycles. The molecule has 0 aliphatic heterocycles. The van der Waals surface area contributed by atoms with E-state index in [4.69, 9.17) is 4.74 Å². The summed E-state index contributed by atoms with van der Waals surface area (Å²) in [7, 11) is 0. The van der Waals surface area contributed by atoms with Crippen LogP contribution in [-0.2, 0) is 11.3 Å². The van der Waals surface area contributed by atoms with Crippen molar-refractivity contribution in [3.8, 4) is 11.8 Å². The summed E-state index contributed by atoms with van der Waals surface area (Å²) in [5, 5.41) is 2.64. The lowest BCUT2D eigenvalue weighted by molar-refractivity contribution is 0.140. The van der Waals surface area contributed by atoms with Crippen LogP contribution in [0.2, 0.25) is 0 Å². The van der Waals surface area contributed by atoms with Gasteiger partial charge in [0, 0.05) is 25.4 Å². The van der Waals surface area contributed by atoms with E-state index in [1.807, 2.05) is 30.3 Å². The smallest absolute Gasteiger partial charge is 0.407 e. The Morgan fingerprint density at radius 3 is 2.68 bits per heavy atom. The van der Waals surface area contributed by atoms with Gasteiger partial charge in [0.15, 0.2) is 0 Å². The SMILES string of the molecule is O=C(NCCC#Cc1ncc(Br)cn1)OCc1ccccc1. The fraction of sp³-hybridized carbons (Fsp3) is 0.188. The number of rotatable bonds is 4. The maximum Gasteiger partial charge on any atom is 0.407 e. The molecule has 0 spiro atoms. The number of nitrogens with zero attached hydrogens (tertiary/aromatic N) is 2. The quantitative estimate of drug-likeness (QED) is 0.673. The first-order valence-electron chi connectivity index (χ1n) is 6.65. The summed E-state index contributed by atoms with van der Waals surface area (Å²) < 4.78 is 5.88. The van der Waals surface area contributed by atoms with Crippen molar-refractivity contribution in [1.29, 1.82) is 0 Å². The minimum Gasteiger partial charge on any atom is -0.445 e. The zero-order valence-electron chi connectivity index (χ0n) is 11.8. The number of benzene rings is 1. The number of carbonyl (C=O) groups excluding carboxylic acids is 1. The highest BCUT2D eigenvalue weighted by atomic mass is 79.9. The lowest BCUT2D eigenvalue weighted by atomic mass is 10.2. The van der Waals surface area contributed by atoms with Crippen molar-refractivity contribution in [2.75, 3.05) is 6.54 Å². The summed E-state index contributed by atoms with van der Waals surface area (Å²) in [4.78, 5) is 19.5. The van der Waals surface area contributed by atoms with Crippen LogP contribution in [0.4, 0.5) is 4.79 Å². The molecule has 6 heteroatoms. The molecular weight excluding hydrogens is 346 g/mol. The van der Waals surface area contributed by atoms with Crippen molar-refractivity contribution in [2.45, 2.75) is 13.0 Å². The number of alkyl carbamates (subject to hydrolysis) is 1. The normalized spacial score (nSPS) is 9.50. The van der Waals surface area contributed by atoms with Crippen molar-refractivity contribution in [1.82, 2.24) is 15.3 Å². The zero-order valence-corrected chi connectivity index (χ0v) is 13.3. The Balaban J connectivity index is 1.64. The highest BCUT2D eigenvalue weighted by molar-refractivity contribution is 9.10. The van der Waals surface area contributed by atoms with Gasteiger partial charge in [-0.15, -0.1) is 0 Å². The monoisotopic (exact) mass is 359 g/mol. The van der Waals surface area contributed by atoms with E-state index in [0.717, 1.165) is 10.0 Å². The first-order valence-corrected chi connectivity index (χ1v) is 7.44. The third-order valence-corrected chi connectivity index (χ3v) is 2.96. The molecule has 0 aliphatic carbocycles. The Labute approximate surface area is 137 Å². The van der Waals surface area contributed by atoms with E-state index < -0.39 is 6.09 Å². The molecule has 112 valence electrons. The van der Waals surface area contributed by atoms with Crippen molar-refractivity contribution >= 4 is 22.0 Å². The van der Waals surface area contributed by atoms with Gasteiger partial charge in [0.05, 0.1) is 4.47 Å². The molecular formula is C16H14BrN3O2. The number of hydrogen-bond acceptors (Lipinski definition) is 4. The van der Waals surface area contributed by atoms with Gasteiger partial charge >= 0.3 is 6.09 Å². The summed E-state index contributed by atoms with van der Waals surface area (Å²) in [5.41, 5.74) is 0.949. The lowest BCUT2D eigenvalue weighted by Gasteiger charge is -2.05. The van der Waals surface area contributed by atoms with Gasteiger partial charge in [0.2, 0.25) is 5.82 Å². The van der Waals surface area contributed by atoms with Crippen LogP contribution in [0.5, 0.6) is 0 Å². The second-order valence-electron chi connectivity index (χ2n) is 4.27. The average molecular weight is 360 g/mol. The van der Waals surface area contributed by atoms with Crippen LogP contribution in [0.15, 0.2) is 47.2 Å². The van der Waals surface area contributed by atoms with Gasteiger partial charge in [0.1, 0.15) is 6.61 Å².